The van der Waals surface area contributed by atoms with E-state index in [2.05, 4.69) is 4.90 Å². The van der Waals surface area contributed by atoms with Gasteiger partial charge >= 0.3 is 0 Å². The Hall–Kier alpha value is -2.27. The zero-order chi connectivity index (χ0) is 24.4. The normalized spacial score (nSPS) is 22.4. The number of amides is 1. The van der Waals surface area contributed by atoms with E-state index in [0.717, 1.165) is 5.56 Å². The Kier molecular flexibility index (Phi) is 7.71. The number of hydrogen-bond acceptors (Lipinski definition) is 8. The first-order valence-corrected chi connectivity index (χ1v) is 12.8. The molecule has 2 atom stereocenters. The maximum Gasteiger partial charge on any atom is 0.267 e. The van der Waals surface area contributed by atoms with E-state index in [1.807, 2.05) is 39.8 Å². The van der Waals surface area contributed by atoms with E-state index in [0.29, 0.717) is 65.5 Å². The summed E-state index contributed by atoms with van der Waals surface area (Å²) < 4.78 is 13.3. The summed E-state index contributed by atoms with van der Waals surface area (Å²) in [5.41, 5.74) is 1.69. The fourth-order valence-corrected chi connectivity index (χ4v) is 5.60. The third kappa shape index (κ3) is 5.05. The number of rotatable bonds is 7. The Morgan fingerprint density at radius 3 is 2.74 bits per heavy atom. The summed E-state index contributed by atoms with van der Waals surface area (Å²) in [4.78, 5) is 35.8. The zero-order valence-corrected chi connectivity index (χ0v) is 21.6. The molecule has 2 aliphatic rings. The highest BCUT2D eigenvalue weighted by atomic mass is 32.2. The minimum atomic E-state index is -0.211. The first-order chi connectivity index (χ1) is 16.3. The lowest BCUT2D eigenvalue weighted by molar-refractivity contribution is -0.122. The molecule has 10 heteroatoms. The summed E-state index contributed by atoms with van der Waals surface area (Å²) in [6.07, 6.45) is 4.06. The number of thioether (sulfide) groups is 1. The minimum Gasteiger partial charge on any atom is -0.382 e. The van der Waals surface area contributed by atoms with Crippen LogP contribution in [-0.4, -0.2) is 69.6 Å². The number of aryl methyl sites for hydroxylation is 1. The summed E-state index contributed by atoms with van der Waals surface area (Å²) in [5.74, 6) is 0.387. The minimum absolute atomic E-state index is 0.00253. The number of nitrogens with zero attached hydrogens (tertiary/aromatic N) is 4. The number of aromatic nitrogens is 2. The molecule has 4 rings (SSSR count). The molecule has 0 bridgehead atoms. The van der Waals surface area contributed by atoms with E-state index in [9.17, 15) is 9.59 Å². The zero-order valence-electron chi connectivity index (χ0n) is 19.9. The van der Waals surface area contributed by atoms with Crippen molar-refractivity contribution < 1.29 is 14.3 Å². The van der Waals surface area contributed by atoms with E-state index in [-0.39, 0.29) is 23.7 Å². The lowest BCUT2D eigenvalue weighted by Crippen LogP contribution is -2.46. The second-order valence-corrected chi connectivity index (χ2v) is 10.3. The number of morpholine rings is 1. The molecule has 0 spiro atoms. The van der Waals surface area contributed by atoms with Gasteiger partial charge in [0, 0.05) is 39.0 Å². The average Bonchev–Trinajstić information content (AvgIpc) is 3.05. The van der Waals surface area contributed by atoms with Gasteiger partial charge in [-0.25, -0.2) is 4.98 Å². The molecule has 8 nitrogen and oxygen atoms in total. The van der Waals surface area contributed by atoms with Crippen LogP contribution in [0.2, 0.25) is 0 Å². The van der Waals surface area contributed by atoms with Gasteiger partial charge in [-0.3, -0.25) is 18.9 Å². The van der Waals surface area contributed by atoms with Crippen molar-refractivity contribution in [2.24, 2.45) is 0 Å². The van der Waals surface area contributed by atoms with Gasteiger partial charge in [-0.2, -0.15) is 0 Å². The van der Waals surface area contributed by atoms with Gasteiger partial charge in [-0.15, -0.1) is 0 Å². The molecule has 2 aliphatic heterocycles. The van der Waals surface area contributed by atoms with Crippen LogP contribution >= 0.6 is 24.0 Å². The molecule has 0 aliphatic carbocycles. The van der Waals surface area contributed by atoms with Crippen molar-refractivity contribution >= 4 is 51.7 Å². The lowest BCUT2D eigenvalue weighted by atomic mass is 10.1. The Labute approximate surface area is 208 Å². The van der Waals surface area contributed by atoms with E-state index in [1.165, 1.54) is 11.8 Å². The fourth-order valence-electron chi connectivity index (χ4n) is 4.31. The molecule has 0 radical (unpaired) electrons. The predicted molar refractivity (Wildman–Crippen MR) is 139 cm³/mol. The van der Waals surface area contributed by atoms with Crippen LogP contribution in [0.3, 0.4) is 0 Å². The quantitative estimate of drug-likeness (QED) is 0.325. The maximum absolute atomic E-state index is 13.6. The molecule has 1 amide bonds. The van der Waals surface area contributed by atoms with Gasteiger partial charge in [0.1, 0.15) is 15.8 Å². The number of carbonyl (C=O) groups is 1. The van der Waals surface area contributed by atoms with Crippen LogP contribution in [0.4, 0.5) is 5.82 Å². The van der Waals surface area contributed by atoms with Crippen LogP contribution in [0, 0.1) is 6.92 Å². The van der Waals surface area contributed by atoms with E-state index in [4.69, 9.17) is 26.7 Å². The molecule has 4 heterocycles. The van der Waals surface area contributed by atoms with Crippen LogP contribution in [-0.2, 0) is 14.3 Å². The Bertz CT molecular complexity index is 1190. The van der Waals surface area contributed by atoms with Crippen LogP contribution in [0.15, 0.2) is 28.0 Å². The third-order valence-corrected chi connectivity index (χ3v) is 7.18. The number of anilines is 1. The molecule has 2 aromatic heterocycles. The lowest BCUT2D eigenvalue weighted by Gasteiger charge is -2.36. The van der Waals surface area contributed by atoms with Crippen molar-refractivity contribution in [3.05, 3.63) is 44.7 Å². The van der Waals surface area contributed by atoms with Gasteiger partial charge in [-0.1, -0.05) is 30.0 Å². The topological polar surface area (TPSA) is 76.4 Å². The highest BCUT2D eigenvalue weighted by molar-refractivity contribution is 8.26. The van der Waals surface area contributed by atoms with Crippen LogP contribution in [0.5, 0.6) is 0 Å². The highest BCUT2D eigenvalue weighted by Gasteiger charge is 2.33. The van der Waals surface area contributed by atoms with Gasteiger partial charge in [0.05, 0.1) is 22.7 Å². The standard InChI is InChI=1S/C24H30N4O4S2/c1-5-31-11-7-10-28-23(30)19(34-24(28)33)12-18-21(26-13-16(3)32-17(4)14-26)25-20-15(2)8-6-9-27(20)22(18)29/h6,8-9,12,16-17H,5,7,10-11,13-14H2,1-4H3/b19-12-/t16-,17+. The van der Waals surface area contributed by atoms with Crippen molar-refractivity contribution in [2.75, 3.05) is 37.7 Å². The number of fused-ring (bicyclic) bond motifs is 1. The summed E-state index contributed by atoms with van der Waals surface area (Å²) in [5, 5.41) is 0. The van der Waals surface area contributed by atoms with Crippen molar-refractivity contribution in [3.63, 3.8) is 0 Å². The van der Waals surface area contributed by atoms with Gasteiger partial charge in [0.25, 0.3) is 11.5 Å². The molecule has 182 valence electrons. The molecule has 2 fully saturated rings. The first-order valence-electron chi connectivity index (χ1n) is 11.6. The molecule has 0 N–H and O–H groups in total. The summed E-state index contributed by atoms with van der Waals surface area (Å²) in [7, 11) is 0. The number of ether oxygens (including phenoxy) is 2. The van der Waals surface area contributed by atoms with Gasteiger partial charge in [0.15, 0.2) is 0 Å². The Morgan fingerprint density at radius 2 is 2.03 bits per heavy atom. The number of thiocarbonyl (C=S) groups is 1. The van der Waals surface area contributed by atoms with Crippen LogP contribution in [0.1, 0.15) is 38.3 Å². The monoisotopic (exact) mass is 502 g/mol. The van der Waals surface area contributed by atoms with Crippen molar-refractivity contribution in [1.29, 1.82) is 0 Å². The molecule has 0 saturated carbocycles. The fraction of sp³-hybridized carbons (Fsp3) is 0.500. The van der Waals surface area contributed by atoms with Crippen LogP contribution in [0.25, 0.3) is 11.7 Å². The summed E-state index contributed by atoms with van der Waals surface area (Å²) >= 11 is 6.69. The summed E-state index contributed by atoms with van der Waals surface area (Å²) in [6, 6.07) is 3.76. The predicted octanol–water partition coefficient (Wildman–Crippen LogP) is 3.24. The van der Waals surface area contributed by atoms with Crippen LogP contribution < -0.4 is 10.5 Å². The molecule has 2 saturated heterocycles. The van der Waals surface area contributed by atoms with Gasteiger partial charge in [-0.05, 0) is 51.8 Å². The molecule has 2 aromatic rings. The van der Waals surface area contributed by atoms with E-state index >= 15 is 0 Å². The molecule has 0 unspecified atom stereocenters. The smallest absolute Gasteiger partial charge is 0.267 e. The molecule has 34 heavy (non-hydrogen) atoms. The van der Waals surface area contributed by atoms with Gasteiger partial charge in [0.2, 0.25) is 0 Å². The molecular weight excluding hydrogens is 472 g/mol. The maximum atomic E-state index is 13.6. The highest BCUT2D eigenvalue weighted by Crippen LogP contribution is 2.34. The van der Waals surface area contributed by atoms with Crippen molar-refractivity contribution in [3.8, 4) is 0 Å². The second kappa shape index (κ2) is 10.6. The molecular formula is C24H30N4O4S2. The number of pyridine rings is 1. The third-order valence-electron chi connectivity index (χ3n) is 5.81. The second-order valence-electron chi connectivity index (χ2n) is 8.59. The van der Waals surface area contributed by atoms with Crippen molar-refractivity contribution in [1.82, 2.24) is 14.3 Å². The van der Waals surface area contributed by atoms with Gasteiger partial charge < -0.3 is 14.4 Å². The first kappa shape index (κ1) is 24.8. The average molecular weight is 503 g/mol. The Balaban J connectivity index is 1.76. The van der Waals surface area contributed by atoms with Crippen molar-refractivity contribution in [2.45, 2.75) is 46.3 Å². The Morgan fingerprint density at radius 1 is 1.29 bits per heavy atom. The number of carbonyl (C=O) groups excluding carboxylic acids is 1. The van der Waals surface area contributed by atoms with E-state index in [1.54, 1.807) is 21.6 Å². The number of hydrogen-bond donors (Lipinski definition) is 0. The molecule has 0 aromatic carbocycles. The SMILES string of the molecule is CCOCCCN1C(=O)/C(=C/c2c(N3C[C@@H](C)O[C@@H](C)C3)nc3c(C)cccn3c2=O)SC1=S. The van der Waals surface area contributed by atoms with E-state index < -0.39 is 0 Å². The summed E-state index contributed by atoms with van der Waals surface area (Å²) in [6.45, 7) is 10.8. The largest absolute Gasteiger partial charge is 0.382 e.